The largest absolute Gasteiger partial charge is 0.489 e. The van der Waals surface area contributed by atoms with Crippen LogP contribution in [0.1, 0.15) is 22.9 Å². The van der Waals surface area contributed by atoms with Crippen LogP contribution < -0.4 is 10.1 Å². The number of ether oxygens (including phenoxy) is 1. The van der Waals surface area contributed by atoms with Crippen molar-refractivity contribution in [3.05, 3.63) is 108 Å². The van der Waals surface area contributed by atoms with Gasteiger partial charge in [0.05, 0.1) is 13.0 Å². The Labute approximate surface area is 164 Å². The zero-order chi connectivity index (χ0) is 19.0. The summed E-state index contributed by atoms with van der Waals surface area (Å²) in [5.41, 5.74) is 3.26. The second kappa shape index (κ2) is 8.86. The highest BCUT2D eigenvalue weighted by atomic mass is 16.5. The van der Waals surface area contributed by atoms with Gasteiger partial charge in [-0.05, 0) is 35.4 Å². The Morgan fingerprint density at radius 3 is 2.07 bits per heavy atom. The molecule has 5 nitrogen and oxygen atoms in total. The second-order valence-electron chi connectivity index (χ2n) is 6.40. The molecule has 0 aliphatic heterocycles. The molecule has 0 bridgehead atoms. The number of nitrogens with zero attached hydrogens (tertiary/aromatic N) is 2. The van der Waals surface area contributed by atoms with E-state index in [0.29, 0.717) is 31.4 Å². The van der Waals surface area contributed by atoms with Crippen LogP contribution in [0.15, 0.2) is 89.3 Å². The Bertz CT molecular complexity index is 983. The standard InChI is InChI=1S/C23H21N3O2/c1-3-7-18(8-4-1)15-22-25-26-23(28-22)16-24-20-11-13-21(14-12-20)27-17-19-9-5-2-6-10-19/h1-14,24H,15-17H2. The van der Waals surface area contributed by atoms with Crippen LogP contribution in [0.25, 0.3) is 0 Å². The minimum absolute atomic E-state index is 0.478. The maximum atomic E-state index is 5.80. The second-order valence-corrected chi connectivity index (χ2v) is 6.40. The van der Waals surface area contributed by atoms with Gasteiger partial charge in [0.1, 0.15) is 12.4 Å². The molecule has 4 aromatic rings. The molecular formula is C23H21N3O2. The van der Waals surface area contributed by atoms with Crippen molar-refractivity contribution in [1.29, 1.82) is 0 Å². The molecule has 1 N–H and O–H groups in total. The van der Waals surface area contributed by atoms with Gasteiger partial charge in [0, 0.05) is 5.69 Å². The smallest absolute Gasteiger partial charge is 0.235 e. The van der Waals surface area contributed by atoms with Crippen LogP contribution in [-0.4, -0.2) is 10.2 Å². The Morgan fingerprint density at radius 2 is 1.36 bits per heavy atom. The van der Waals surface area contributed by atoms with Crippen LogP contribution in [0, 0.1) is 0 Å². The molecule has 0 spiro atoms. The molecule has 1 aromatic heterocycles. The van der Waals surface area contributed by atoms with Crippen molar-refractivity contribution in [3.63, 3.8) is 0 Å². The summed E-state index contributed by atoms with van der Waals surface area (Å²) in [7, 11) is 0. The van der Waals surface area contributed by atoms with Gasteiger partial charge >= 0.3 is 0 Å². The maximum absolute atomic E-state index is 5.80. The van der Waals surface area contributed by atoms with Crippen molar-refractivity contribution in [2.45, 2.75) is 19.6 Å². The zero-order valence-corrected chi connectivity index (χ0v) is 15.4. The molecule has 5 heteroatoms. The van der Waals surface area contributed by atoms with E-state index < -0.39 is 0 Å². The zero-order valence-electron chi connectivity index (χ0n) is 15.4. The first-order valence-corrected chi connectivity index (χ1v) is 9.21. The van der Waals surface area contributed by atoms with Gasteiger partial charge in [0.25, 0.3) is 0 Å². The molecule has 0 aliphatic carbocycles. The highest BCUT2D eigenvalue weighted by Crippen LogP contribution is 2.18. The lowest BCUT2D eigenvalue weighted by molar-refractivity contribution is 0.306. The highest BCUT2D eigenvalue weighted by molar-refractivity contribution is 5.46. The van der Waals surface area contributed by atoms with Gasteiger partial charge < -0.3 is 14.5 Å². The topological polar surface area (TPSA) is 60.2 Å². The molecule has 0 radical (unpaired) electrons. The van der Waals surface area contributed by atoms with Gasteiger partial charge in [-0.3, -0.25) is 0 Å². The molecule has 140 valence electrons. The Kier molecular flexibility index (Phi) is 5.63. The van der Waals surface area contributed by atoms with Gasteiger partial charge in [-0.2, -0.15) is 0 Å². The third kappa shape index (κ3) is 4.98. The maximum Gasteiger partial charge on any atom is 0.235 e. The Balaban J connectivity index is 1.27. The summed E-state index contributed by atoms with van der Waals surface area (Å²) in [6.45, 7) is 1.03. The Hall–Kier alpha value is -3.60. The molecule has 3 aromatic carbocycles. The van der Waals surface area contributed by atoms with E-state index in [9.17, 15) is 0 Å². The van der Waals surface area contributed by atoms with E-state index in [0.717, 1.165) is 22.6 Å². The molecule has 1 heterocycles. The lowest BCUT2D eigenvalue weighted by Crippen LogP contribution is -2.00. The van der Waals surface area contributed by atoms with Gasteiger partial charge in [-0.1, -0.05) is 60.7 Å². The molecule has 4 rings (SSSR count). The van der Waals surface area contributed by atoms with E-state index in [1.807, 2.05) is 84.9 Å². The van der Waals surface area contributed by atoms with Crippen LogP contribution in [0.2, 0.25) is 0 Å². The first-order chi connectivity index (χ1) is 13.8. The van der Waals surface area contributed by atoms with E-state index in [1.165, 1.54) is 0 Å². The molecule has 0 atom stereocenters. The summed E-state index contributed by atoms with van der Waals surface area (Å²) in [6, 6.07) is 28.0. The van der Waals surface area contributed by atoms with E-state index in [2.05, 4.69) is 15.5 Å². The number of hydrogen-bond donors (Lipinski definition) is 1. The number of hydrogen-bond acceptors (Lipinski definition) is 5. The number of anilines is 1. The van der Waals surface area contributed by atoms with Gasteiger partial charge in [0.15, 0.2) is 0 Å². The quantitative estimate of drug-likeness (QED) is 0.480. The molecule has 0 unspecified atom stereocenters. The molecule has 0 amide bonds. The monoisotopic (exact) mass is 371 g/mol. The van der Waals surface area contributed by atoms with E-state index >= 15 is 0 Å². The fourth-order valence-corrected chi connectivity index (χ4v) is 2.79. The van der Waals surface area contributed by atoms with Crippen molar-refractivity contribution in [2.75, 3.05) is 5.32 Å². The highest BCUT2D eigenvalue weighted by Gasteiger charge is 2.07. The summed E-state index contributed by atoms with van der Waals surface area (Å²) in [6.07, 6.45) is 0.640. The van der Waals surface area contributed by atoms with Crippen molar-refractivity contribution >= 4 is 5.69 Å². The summed E-state index contributed by atoms with van der Waals surface area (Å²) in [4.78, 5) is 0. The van der Waals surface area contributed by atoms with E-state index in [-0.39, 0.29) is 0 Å². The van der Waals surface area contributed by atoms with Crippen LogP contribution >= 0.6 is 0 Å². The average molecular weight is 371 g/mol. The normalized spacial score (nSPS) is 10.6. The van der Waals surface area contributed by atoms with Crippen molar-refractivity contribution in [2.24, 2.45) is 0 Å². The summed E-state index contributed by atoms with van der Waals surface area (Å²) >= 11 is 0. The first-order valence-electron chi connectivity index (χ1n) is 9.21. The van der Waals surface area contributed by atoms with Crippen molar-refractivity contribution in [3.8, 4) is 5.75 Å². The fraction of sp³-hybridized carbons (Fsp3) is 0.130. The van der Waals surface area contributed by atoms with Crippen molar-refractivity contribution in [1.82, 2.24) is 10.2 Å². The molecule has 0 saturated carbocycles. The lowest BCUT2D eigenvalue weighted by atomic mass is 10.2. The molecule has 0 fully saturated rings. The van der Waals surface area contributed by atoms with Gasteiger partial charge in [-0.25, -0.2) is 0 Å². The average Bonchev–Trinajstić information content (AvgIpc) is 3.20. The molecule has 0 aliphatic rings. The molecule has 0 saturated heterocycles. The summed E-state index contributed by atoms with van der Waals surface area (Å²) in [5, 5.41) is 11.5. The number of nitrogens with one attached hydrogen (secondary N) is 1. The predicted octanol–water partition coefficient (Wildman–Crippen LogP) is 4.85. The van der Waals surface area contributed by atoms with E-state index in [4.69, 9.17) is 9.15 Å². The van der Waals surface area contributed by atoms with Gasteiger partial charge in [-0.15, -0.1) is 10.2 Å². The minimum atomic E-state index is 0.478. The summed E-state index contributed by atoms with van der Waals surface area (Å²) < 4.78 is 11.5. The lowest BCUT2D eigenvalue weighted by Gasteiger charge is -2.08. The van der Waals surface area contributed by atoms with Gasteiger partial charge in [0.2, 0.25) is 11.8 Å². The van der Waals surface area contributed by atoms with Crippen LogP contribution in [0.3, 0.4) is 0 Å². The van der Waals surface area contributed by atoms with E-state index in [1.54, 1.807) is 0 Å². The third-order valence-electron chi connectivity index (χ3n) is 4.25. The summed E-state index contributed by atoms with van der Waals surface area (Å²) in [5.74, 6) is 2.01. The van der Waals surface area contributed by atoms with Crippen molar-refractivity contribution < 1.29 is 9.15 Å². The minimum Gasteiger partial charge on any atom is -0.489 e. The fourth-order valence-electron chi connectivity index (χ4n) is 2.79. The van der Waals surface area contributed by atoms with Crippen LogP contribution in [0.5, 0.6) is 5.75 Å². The SMILES string of the molecule is c1ccc(COc2ccc(NCc3nnc(Cc4ccccc4)o3)cc2)cc1. The van der Waals surface area contributed by atoms with Crippen LogP contribution in [-0.2, 0) is 19.6 Å². The van der Waals surface area contributed by atoms with Crippen LogP contribution in [0.4, 0.5) is 5.69 Å². The Morgan fingerprint density at radius 1 is 0.714 bits per heavy atom. The third-order valence-corrected chi connectivity index (χ3v) is 4.25. The number of rotatable bonds is 8. The predicted molar refractivity (Wildman–Crippen MR) is 108 cm³/mol. The number of benzene rings is 3. The molecular weight excluding hydrogens is 350 g/mol. The molecule has 28 heavy (non-hydrogen) atoms. The number of aromatic nitrogens is 2. The first kappa shape index (κ1) is 17.8.